The van der Waals surface area contributed by atoms with Crippen molar-refractivity contribution in [1.29, 1.82) is 0 Å². The van der Waals surface area contributed by atoms with Crippen LogP contribution in [-0.2, 0) is 10.4 Å². The maximum absolute atomic E-state index is 11.5. The number of benzene rings is 1. The number of aliphatic hydroxyl groups is 1. The van der Waals surface area contributed by atoms with Crippen LogP contribution in [0.3, 0.4) is 0 Å². The van der Waals surface area contributed by atoms with Gasteiger partial charge in [-0.1, -0.05) is 30.3 Å². The minimum atomic E-state index is -0.787. The monoisotopic (exact) mass is 301 g/mol. The number of likely N-dealkylation sites (tertiary alicyclic amines) is 1. The average Bonchev–Trinajstić information content (AvgIpc) is 3.08. The van der Waals surface area contributed by atoms with Gasteiger partial charge < -0.3 is 10.0 Å². The van der Waals surface area contributed by atoms with Crippen LogP contribution < -0.4 is 0 Å². The molecule has 2 aliphatic rings. The van der Waals surface area contributed by atoms with E-state index in [9.17, 15) is 9.90 Å². The van der Waals surface area contributed by atoms with Gasteiger partial charge in [0, 0.05) is 19.4 Å². The summed E-state index contributed by atoms with van der Waals surface area (Å²) in [5.74, 6) is 0.557. The topological polar surface area (TPSA) is 40.5 Å². The summed E-state index contributed by atoms with van der Waals surface area (Å²) in [7, 11) is 0. The van der Waals surface area contributed by atoms with E-state index < -0.39 is 5.60 Å². The second-order valence-electron chi connectivity index (χ2n) is 6.90. The quantitative estimate of drug-likeness (QED) is 0.908. The summed E-state index contributed by atoms with van der Waals surface area (Å²) < 4.78 is 0. The lowest BCUT2D eigenvalue weighted by atomic mass is 9.71. The van der Waals surface area contributed by atoms with Gasteiger partial charge in [0.2, 0.25) is 0 Å². The van der Waals surface area contributed by atoms with Gasteiger partial charge in [0.25, 0.3) is 0 Å². The first-order valence-electron chi connectivity index (χ1n) is 8.70. The molecule has 1 aromatic rings. The molecule has 1 unspecified atom stereocenters. The van der Waals surface area contributed by atoms with Crippen molar-refractivity contribution in [2.45, 2.75) is 50.5 Å². The summed E-state index contributed by atoms with van der Waals surface area (Å²) >= 11 is 0. The molecule has 2 fully saturated rings. The highest BCUT2D eigenvalue weighted by Crippen LogP contribution is 2.41. The molecular formula is C19H27NO2. The largest absolute Gasteiger partial charge is 0.385 e. The molecule has 0 radical (unpaired) electrons. The predicted molar refractivity (Wildman–Crippen MR) is 87.6 cm³/mol. The summed E-state index contributed by atoms with van der Waals surface area (Å²) in [5, 5.41) is 11.5. The molecule has 1 saturated heterocycles. The Morgan fingerprint density at radius 1 is 1.09 bits per heavy atom. The van der Waals surface area contributed by atoms with E-state index in [2.05, 4.69) is 4.90 Å². The number of Topliss-reactive ketones (excluding diaryl/α,β-unsaturated/α-hetero) is 1. The Kier molecular flexibility index (Phi) is 4.94. The van der Waals surface area contributed by atoms with E-state index in [0.717, 1.165) is 44.5 Å². The third kappa shape index (κ3) is 3.41. The molecule has 22 heavy (non-hydrogen) atoms. The Labute approximate surface area is 133 Å². The molecule has 1 aliphatic carbocycles. The summed E-state index contributed by atoms with van der Waals surface area (Å²) in [6, 6.07) is 10.1. The fourth-order valence-electron chi connectivity index (χ4n) is 4.06. The highest BCUT2D eigenvalue weighted by molar-refractivity contribution is 5.79. The van der Waals surface area contributed by atoms with Gasteiger partial charge in [0.15, 0.2) is 0 Å². The zero-order valence-corrected chi connectivity index (χ0v) is 13.3. The molecule has 0 amide bonds. The van der Waals surface area contributed by atoms with Gasteiger partial charge in [-0.3, -0.25) is 4.79 Å². The Morgan fingerprint density at radius 3 is 2.36 bits per heavy atom. The lowest BCUT2D eigenvalue weighted by Gasteiger charge is -2.39. The van der Waals surface area contributed by atoms with Crippen LogP contribution in [0.5, 0.6) is 0 Å². The normalized spacial score (nSPS) is 23.6. The number of carbonyl (C=O) groups is 1. The first-order valence-corrected chi connectivity index (χ1v) is 8.70. The molecule has 120 valence electrons. The third-order valence-corrected chi connectivity index (χ3v) is 5.50. The minimum absolute atomic E-state index is 0.204. The molecular weight excluding hydrogens is 274 g/mol. The van der Waals surface area contributed by atoms with Crippen LogP contribution in [0.2, 0.25) is 0 Å². The second kappa shape index (κ2) is 6.93. The van der Waals surface area contributed by atoms with E-state index in [0.29, 0.717) is 18.6 Å². The molecule has 3 heteroatoms. The van der Waals surface area contributed by atoms with Crippen molar-refractivity contribution in [1.82, 2.24) is 4.90 Å². The Balaban J connectivity index is 1.76. The number of ketones is 1. The van der Waals surface area contributed by atoms with Crippen LogP contribution in [0.1, 0.15) is 50.5 Å². The van der Waals surface area contributed by atoms with Crippen molar-refractivity contribution < 1.29 is 9.90 Å². The van der Waals surface area contributed by atoms with E-state index >= 15 is 0 Å². The fraction of sp³-hybridized carbons (Fsp3) is 0.632. The van der Waals surface area contributed by atoms with Gasteiger partial charge in [-0.25, -0.2) is 0 Å². The number of nitrogens with zero attached hydrogens (tertiary/aromatic N) is 1. The van der Waals surface area contributed by atoms with Crippen LogP contribution in [0.25, 0.3) is 0 Å². The fourth-order valence-corrected chi connectivity index (χ4v) is 4.06. The molecule has 0 spiro atoms. The number of hydrogen-bond acceptors (Lipinski definition) is 3. The van der Waals surface area contributed by atoms with Crippen molar-refractivity contribution in [2.24, 2.45) is 5.92 Å². The van der Waals surface area contributed by atoms with Crippen molar-refractivity contribution >= 4 is 5.78 Å². The lowest BCUT2D eigenvalue weighted by Crippen LogP contribution is -2.40. The molecule has 3 nitrogen and oxygen atoms in total. The highest BCUT2D eigenvalue weighted by Gasteiger charge is 2.40. The van der Waals surface area contributed by atoms with E-state index in [-0.39, 0.29) is 5.92 Å². The molecule has 1 N–H and O–H groups in total. The molecule has 1 saturated carbocycles. The van der Waals surface area contributed by atoms with Crippen LogP contribution in [0.4, 0.5) is 0 Å². The van der Waals surface area contributed by atoms with E-state index in [1.54, 1.807) is 0 Å². The Hall–Kier alpha value is -1.19. The zero-order chi connectivity index (χ0) is 15.4. The number of rotatable bonds is 5. The Bertz CT molecular complexity index is 485. The summed E-state index contributed by atoms with van der Waals surface area (Å²) in [6.45, 7) is 3.28. The molecule has 3 rings (SSSR count). The first-order chi connectivity index (χ1) is 10.7. The van der Waals surface area contributed by atoms with Crippen LogP contribution >= 0.6 is 0 Å². The van der Waals surface area contributed by atoms with Crippen molar-refractivity contribution in [3.63, 3.8) is 0 Å². The molecule has 0 aromatic heterocycles. The van der Waals surface area contributed by atoms with Gasteiger partial charge in [0.1, 0.15) is 5.78 Å². The second-order valence-corrected chi connectivity index (χ2v) is 6.90. The average molecular weight is 301 g/mol. The van der Waals surface area contributed by atoms with Gasteiger partial charge in [-0.05, 0) is 56.7 Å². The van der Waals surface area contributed by atoms with Gasteiger partial charge in [0.05, 0.1) is 5.60 Å². The summed E-state index contributed by atoms with van der Waals surface area (Å²) in [5.41, 5.74) is 0.235. The van der Waals surface area contributed by atoms with Gasteiger partial charge in [-0.15, -0.1) is 0 Å². The van der Waals surface area contributed by atoms with E-state index in [1.807, 2.05) is 30.3 Å². The van der Waals surface area contributed by atoms with Crippen LogP contribution in [-0.4, -0.2) is 35.4 Å². The maximum atomic E-state index is 11.5. The van der Waals surface area contributed by atoms with Crippen molar-refractivity contribution in [2.75, 3.05) is 19.6 Å². The molecule has 1 aromatic carbocycles. The predicted octanol–water partition coefficient (Wildman–Crippen LogP) is 3.12. The molecule has 1 heterocycles. The standard InChI is InChI=1S/C19H27NO2/c21-18-10-8-17(9-11-18)19(22,16-6-2-1-3-7-16)12-15-20-13-4-5-14-20/h1-3,6-7,17,22H,4-5,8-15H2. The lowest BCUT2D eigenvalue weighted by molar-refractivity contribution is -0.124. The Morgan fingerprint density at radius 2 is 1.73 bits per heavy atom. The smallest absolute Gasteiger partial charge is 0.132 e. The zero-order valence-electron chi connectivity index (χ0n) is 13.3. The summed E-state index contributed by atoms with van der Waals surface area (Å²) in [6.07, 6.45) is 6.24. The molecule has 1 atom stereocenters. The van der Waals surface area contributed by atoms with Crippen molar-refractivity contribution in [3.05, 3.63) is 35.9 Å². The molecule has 1 aliphatic heterocycles. The molecule has 0 bridgehead atoms. The first kappa shape index (κ1) is 15.7. The highest BCUT2D eigenvalue weighted by atomic mass is 16.3. The van der Waals surface area contributed by atoms with Crippen LogP contribution in [0.15, 0.2) is 30.3 Å². The number of hydrogen-bond donors (Lipinski definition) is 1. The van der Waals surface area contributed by atoms with Crippen LogP contribution in [0, 0.1) is 5.92 Å². The third-order valence-electron chi connectivity index (χ3n) is 5.50. The van der Waals surface area contributed by atoms with Gasteiger partial charge >= 0.3 is 0 Å². The SMILES string of the molecule is O=C1CCC(C(O)(CCN2CCCC2)c2ccccc2)CC1. The van der Waals surface area contributed by atoms with E-state index in [1.165, 1.54) is 12.8 Å². The van der Waals surface area contributed by atoms with Gasteiger partial charge in [-0.2, -0.15) is 0 Å². The van der Waals surface area contributed by atoms with E-state index in [4.69, 9.17) is 0 Å². The summed E-state index contributed by atoms with van der Waals surface area (Å²) in [4.78, 5) is 14.0. The number of carbonyl (C=O) groups excluding carboxylic acids is 1. The van der Waals surface area contributed by atoms with Crippen molar-refractivity contribution in [3.8, 4) is 0 Å². The minimum Gasteiger partial charge on any atom is -0.385 e. The maximum Gasteiger partial charge on any atom is 0.132 e.